The van der Waals surface area contributed by atoms with Gasteiger partial charge in [-0.05, 0) is 82.2 Å². The third-order valence-corrected chi connectivity index (χ3v) is 8.09. The van der Waals surface area contributed by atoms with E-state index in [-0.39, 0.29) is 10.6 Å². The van der Waals surface area contributed by atoms with E-state index in [1.54, 1.807) is 18.5 Å². The molecular weight excluding hydrogens is 333 g/mol. The fraction of sp³-hybridized carbons (Fsp3) is 0.600. The Kier molecular flexibility index (Phi) is 3.62. The van der Waals surface area contributed by atoms with Crippen LogP contribution in [-0.2, 0) is 0 Å². The molecule has 5 heteroatoms. The Labute approximate surface area is 152 Å². The lowest BCUT2D eigenvalue weighted by Gasteiger charge is -2.61. The lowest BCUT2D eigenvalue weighted by Crippen LogP contribution is -2.59. The first-order valence-electron chi connectivity index (χ1n) is 9.29. The standard InChI is InChI=1S/C20H24FN3S/c1-24(2)18-13-5-12-6-14(18)10-20(8-12,9-13)25-19-16-7-15(21)3-4-17(16)22-11-23-19/h3-4,7,11-14,18H,5-6,8-10H2,1-2H3/t12?,13-,14?,18?,20?/m0/s1. The SMILES string of the molecule is CN(C)C1C2CC3C[C@H]1CC(Sc1ncnc4ccc(F)cc14)(C3)C2. The maximum absolute atomic E-state index is 13.8. The number of benzene rings is 1. The van der Waals surface area contributed by atoms with Crippen molar-refractivity contribution in [3.05, 3.63) is 30.3 Å². The van der Waals surface area contributed by atoms with Crippen molar-refractivity contribution >= 4 is 22.7 Å². The molecule has 0 aliphatic heterocycles. The van der Waals surface area contributed by atoms with Gasteiger partial charge in [-0.15, -0.1) is 0 Å². The normalized spacial score (nSPS) is 36.5. The van der Waals surface area contributed by atoms with E-state index in [0.717, 1.165) is 39.7 Å². The molecule has 2 aromatic rings. The summed E-state index contributed by atoms with van der Waals surface area (Å²) < 4.78 is 14.1. The maximum Gasteiger partial charge on any atom is 0.124 e. The van der Waals surface area contributed by atoms with E-state index in [1.165, 1.54) is 38.2 Å². The number of thioether (sulfide) groups is 1. The van der Waals surface area contributed by atoms with Crippen LogP contribution in [0.5, 0.6) is 0 Å². The summed E-state index contributed by atoms with van der Waals surface area (Å²) in [6.07, 6.45) is 8.25. The van der Waals surface area contributed by atoms with Crippen molar-refractivity contribution in [1.29, 1.82) is 0 Å². The van der Waals surface area contributed by atoms with E-state index in [4.69, 9.17) is 0 Å². The largest absolute Gasteiger partial charge is 0.306 e. The first kappa shape index (κ1) is 16.0. The van der Waals surface area contributed by atoms with Gasteiger partial charge in [-0.2, -0.15) is 0 Å². The van der Waals surface area contributed by atoms with E-state index >= 15 is 0 Å². The average molecular weight is 357 g/mol. The molecule has 3 nitrogen and oxygen atoms in total. The first-order valence-corrected chi connectivity index (χ1v) is 10.1. The maximum atomic E-state index is 13.8. The number of rotatable bonds is 3. The Morgan fingerprint density at radius 2 is 1.88 bits per heavy atom. The van der Waals surface area contributed by atoms with Gasteiger partial charge in [0.15, 0.2) is 0 Å². The molecule has 4 saturated carbocycles. The summed E-state index contributed by atoms with van der Waals surface area (Å²) in [7, 11) is 4.49. The van der Waals surface area contributed by atoms with Crippen LogP contribution >= 0.6 is 11.8 Å². The third-order valence-electron chi connectivity index (χ3n) is 6.64. The minimum Gasteiger partial charge on any atom is -0.306 e. The molecule has 0 N–H and O–H groups in total. The van der Waals surface area contributed by atoms with Gasteiger partial charge < -0.3 is 4.90 Å². The number of hydrogen-bond donors (Lipinski definition) is 0. The van der Waals surface area contributed by atoms with Gasteiger partial charge in [-0.1, -0.05) is 11.8 Å². The van der Waals surface area contributed by atoms with Gasteiger partial charge in [-0.25, -0.2) is 14.4 Å². The topological polar surface area (TPSA) is 29.0 Å². The Morgan fingerprint density at radius 3 is 2.60 bits per heavy atom. The number of aromatic nitrogens is 2. The summed E-state index contributed by atoms with van der Waals surface area (Å²) >= 11 is 1.92. The Balaban J connectivity index is 1.50. The van der Waals surface area contributed by atoms with Crippen LogP contribution in [0.1, 0.15) is 32.1 Å². The fourth-order valence-electron chi connectivity index (χ4n) is 6.18. The predicted octanol–water partition coefficient (Wildman–Crippen LogP) is 4.37. The number of hydrogen-bond acceptors (Lipinski definition) is 4. The molecule has 4 fully saturated rings. The molecule has 0 saturated heterocycles. The molecule has 6 rings (SSSR count). The number of nitrogens with zero attached hydrogens (tertiary/aromatic N) is 3. The summed E-state index contributed by atoms with van der Waals surface area (Å²) in [5, 5.41) is 1.83. The smallest absolute Gasteiger partial charge is 0.124 e. The third kappa shape index (κ3) is 2.58. The van der Waals surface area contributed by atoms with Crippen LogP contribution in [0.2, 0.25) is 0 Å². The predicted molar refractivity (Wildman–Crippen MR) is 99.1 cm³/mol. The monoisotopic (exact) mass is 357 g/mol. The van der Waals surface area contributed by atoms with Crippen molar-refractivity contribution in [2.45, 2.75) is 47.9 Å². The minimum atomic E-state index is -0.206. The highest BCUT2D eigenvalue weighted by Gasteiger charge is 2.56. The lowest BCUT2D eigenvalue weighted by atomic mass is 9.53. The average Bonchev–Trinajstić information content (AvgIpc) is 2.54. The summed E-state index contributed by atoms with van der Waals surface area (Å²) in [6.45, 7) is 0. The van der Waals surface area contributed by atoms with Crippen LogP contribution in [0, 0.1) is 23.6 Å². The van der Waals surface area contributed by atoms with Gasteiger partial charge in [0.1, 0.15) is 17.2 Å². The van der Waals surface area contributed by atoms with E-state index < -0.39 is 0 Å². The Morgan fingerprint density at radius 1 is 1.12 bits per heavy atom. The second-order valence-corrected chi connectivity index (χ2v) is 10.0. The highest BCUT2D eigenvalue weighted by molar-refractivity contribution is 8.00. The second-order valence-electron chi connectivity index (χ2n) is 8.55. The van der Waals surface area contributed by atoms with Gasteiger partial charge in [-0.3, -0.25) is 0 Å². The first-order chi connectivity index (χ1) is 12.0. The minimum absolute atomic E-state index is 0.206. The van der Waals surface area contributed by atoms with Crippen molar-refractivity contribution in [3.8, 4) is 0 Å². The van der Waals surface area contributed by atoms with Gasteiger partial charge in [0.25, 0.3) is 0 Å². The fourth-order valence-corrected chi connectivity index (χ4v) is 7.88. The molecule has 132 valence electrons. The molecule has 4 aliphatic rings. The zero-order valence-electron chi connectivity index (χ0n) is 14.8. The van der Waals surface area contributed by atoms with Crippen LogP contribution in [0.4, 0.5) is 4.39 Å². The van der Waals surface area contributed by atoms with E-state index in [0.29, 0.717) is 0 Å². The Hall–Kier alpha value is -1.20. The van der Waals surface area contributed by atoms with Crippen molar-refractivity contribution in [3.63, 3.8) is 0 Å². The van der Waals surface area contributed by atoms with Gasteiger partial charge in [0, 0.05) is 16.2 Å². The molecule has 1 heterocycles. The highest BCUT2D eigenvalue weighted by atomic mass is 32.2. The lowest BCUT2D eigenvalue weighted by molar-refractivity contribution is -0.0369. The molecule has 4 unspecified atom stereocenters. The van der Waals surface area contributed by atoms with Gasteiger partial charge in [0.05, 0.1) is 5.52 Å². The second kappa shape index (κ2) is 5.65. The van der Waals surface area contributed by atoms with Crippen molar-refractivity contribution in [2.75, 3.05) is 14.1 Å². The van der Waals surface area contributed by atoms with Crippen molar-refractivity contribution in [1.82, 2.24) is 14.9 Å². The van der Waals surface area contributed by atoms with E-state index in [2.05, 4.69) is 29.0 Å². The quantitative estimate of drug-likeness (QED) is 0.763. The molecule has 0 amide bonds. The van der Waals surface area contributed by atoms with Crippen molar-refractivity contribution in [2.24, 2.45) is 17.8 Å². The molecule has 4 aliphatic carbocycles. The molecule has 1 aromatic carbocycles. The summed E-state index contributed by atoms with van der Waals surface area (Å²) in [5.74, 6) is 2.27. The van der Waals surface area contributed by atoms with Crippen LogP contribution < -0.4 is 0 Å². The number of fused-ring (bicyclic) bond motifs is 1. The molecule has 4 bridgehead atoms. The van der Waals surface area contributed by atoms with Gasteiger partial charge >= 0.3 is 0 Å². The highest BCUT2D eigenvalue weighted by Crippen LogP contribution is 2.62. The molecule has 0 radical (unpaired) electrons. The molecule has 1 aromatic heterocycles. The Bertz CT molecular complexity index is 808. The zero-order valence-corrected chi connectivity index (χ0v) is 15.6. The number of halogens is 1. The summed E-state index contributed by atoms with van der Waals surface area (Å²) in [6, 6.07) is 5.58. The molecular formula is C20H24FN3S. The molecule has 25 heavy (non-hydrogen) atoms. The van der Waals surface area contributed by atoms with Crippen LogP contribution in [0.3, 0.4) is 0 Å². The zero-order chi connectivity index (χ0) is 17.2. The van der Waals surface area contributed by atoms with Crippen molar-refractivity contribution < 1.29 is 4.39 Å². The van der Waals surface area contributed by atoms with Crippen LogP contribution in [0.25, 0.3) is 10.9 Å². The van der Waals surface area contributed by atoms with E-state index in [9.17, 15) is 4.39 Å². The van der Waals surface area contributed by atoms with E-state index in [1.807, 2.05) is 11.8 Å². The summed E-state index contributed by atoms with van der Waals surface area (Å²) in [4.78, 5) is 11.3. The molecule has 0 spiro atoms. The molecule has 5 atom stereocenters. The van der Waals surface area contributed by atoms with Gasteiger partial charge in [0.2, 0.25) is 0 Å². The van der Waals surface area contributed by atoms with Crippen LogP contribution in [0.15, 0.2) is 29.6 Å². The van der Waals surface area contributed by atoms with Crippen LogP contribution in [-0.4, -0.2) is 39.8 Å². The summed E-state index contributed by atoms with van der Waals surface area (Å²) in [5.41, 5.74) is 0.842.